The third-order valence-corrected chi connectivity index (χ3v) is 3.49. The van der Waals surface area contributed by atoms with Gasteiger partial charge >= 0.3 is 6.18 Å². The summed E-state index contributed by atoms with van der Waals surface area (Å²) in [4.78, 5) is 12.1. The number of alkyl halides is 3. The van der Waals surface area contributed by atoms with Gasteiger partial charge in [0.2, 0.25) is 0 Å². The highest BCUT2D eigenvalue weighted by molar-refractivity contribution is 6.31. The number of rotatable bonds is 5. The zero-order valence-electron chi connectivity index (χ0n) is 12.0. The summed E-state index contributed by atoms with van der Waals surface area (Å²) < 4.78 is 47.0. The molecule has 9 heteroatoms. The van der Waals surface area contributed by atoms with Crippen molar-refractivity contribution in [3.05, 3.63) is 23.2 Å². The molecule has 0 unspecified atom stereocenters. The lowest BCUT2D eigenvalue weighted by Gasteiger charge is -2.16. The fourth-order valence-corrected chi connectivity index (χ4v) is 2.34. The molecule has 1 saturated heterocycles. The Bertz CT molecular complexity index is 569. The van der Waals surface area contributed by atoms with Crippen LogP contribution in [0.15, 0.2) is 18.2 Å². The molecule has 23 heavy (non-hydrogen) atoms. The van der Waals surface area contributed by atoms with Crippen LogP contribution in [0, 0.1) is 0 Å². The van der Waals surface area contributed by atoms with Gasteiger partial charge in [-0.25, -0.2) is 0 Å². The van der Waals surface area contributed by atoms with E-state index in [9.17, 15) is 18.0 Å². The van der Waals surface area contributed by atoms with E-state index in [1.807, 2.05) is 0 Å². The van der Waals surface area contributed by atoms with Gasteiger partial charge in [0.15, 0.2) is 6.61 Å². The first kappa shape index (κ1) is 17.8. The number of benzene rings is 1. The molecule has 1 aliphatic heterocycles. The number of carbonyl (C=O) groups excluding carboxylic acids is 1. The highest BCUT2D eigenvalue weighted by Gasteiger charge is 2.31. The molecule has 0 aromatic heterocycles. The van der Waals surface area contributed by atoms with Crippen LogP contribution in [0.3, 0.4) is 0 Å². The maximum atomic E-state index is 12.3. The Labute approximate surface area is 135 Å². The van der Waals surface area contributed by atoms with Gasteiger partial charge in [0.1, 0.15) is 11.9 Å². The Morgan fingerprint density at radius 3 is 2.78 bits per heavy atom. The molecule has 1 aliphatic rings. The minimum absolute atomic E-state index is 0.0616. The number of anilines is 1. The first-order valence-corrected chi connectivity index (χ1v) is 7.32. The molecular weight excluding hydrogens is 337 g/mol. The summed E-state index contributed by atoms with van der Waals surface area (Å²) in [5, 5.41) is 2.75. The van der Waals surface area contributed by atoms with E-state index >= 15 is 0 Å². The lowest BCUT2D eigenvalue weighted by molar-refractivity contribution is -0.153. The van der Waals surface area contributed by atoms with Crippen molar-refractivity contribution in [3.63, 3.8) is 0 Å². The molecule has 1 amide bonds. The summed E-state index contributed by atoms with van der Waals surface area (Å²) in [7, 11) is 0. The van der Waals surface area contributed by atoms with Crippen LogP contribution in [-0.4, -0.2) is 37.4 Å². The topological polar surface area (TPSA) is 73.6 Å². The van der Waals surface area contributed by atoms with Gasteiger partial charge in [-0.2, -0.15) is 13.2 Å². The van der Waals surface area contributed by atoms with Crippen molar-refractivity contribution in [3.8, 4) is 5.75 Å². The standard InChI is InChI=1S/C14H16ClF3N2O3/c15-8-1-3-11(22-7-14(16,17)18)10(5-8)20-13(21)12-4-2-9(6-19)23-12/h1,3,5,9,12H,2,4,6-7,19H2,(H,20,21)/t9-,12+/m1/s1. The number of carbonyl (C=O) groups is 1. The van der Waals surface area contributed by atoms with E-state index in [0.717, 1.165) is 0 Å². The molecule has 1 heterocycles. The molecule has 0 radical (unpaired) electrons. The van der Waals surface area contributed by atoms with Crippen LogP contribution >= 0.6 is 11.6 Å². The van der Waals surface area contributed by atoms with Crippen LogP contribution in [-0.2, 0) is 9.53 Å². The van der Waals surface area contributed by atoms with Crippen LogP contribution in [0.5, 0.6) is 5.75 Å². The van der Waals surface area contributed by atoms with Gasteiger partial charge in [0.25, 0.3) is 5.91 Å². The molecule has 1 aromatic rings. The minimum Gasteiger partial charge on any atom is -0.482 e. The fraction of sp³-hybridized carbons (Fsp3) is 0.500. The molecule has 1 aromatic carbocycles. The van der Waals surface area contributed by atoms with Crippen LogP contribution in [0.1, 0.15) is 12.8 Å². The lowest BCUT2D eigenvalue weighted by atomic mass is 10.2. The molecule has 0 spiro atoms. The van der Waals surface area contributed by atoms with Gasteiger partial charge in [-0.3, -0.25) is 4.79 Å². The van der Waals surface area contributed by atoms with Crippen LogP contribution in [0.4, 0.5) is 18.9 Å². The molecule has 0 bridgehead atoms. The Morgan fingerprint density at radius 2 is 2.17 bits per heavy atom. The second-order valence-electron chi connectivity index (χ2n) is 5.09. The molecule has 0 aliphatic carbocycles. The molecule has 0 saturated carbocycles. The molecule has 5 nitrogen and oxygen atoms in total. The Balaban J connectivity index is 2.06. The Morgan fingerprint density at radius 1 is 1.43 bits per heavy atom. The SMILES string of the molecule is NC[C@H]1CC[C@@H](C(=O)Nc2cc(Cl)ccc2OCC(F)(F)F)O1. The van der Waals surface area contributed by atoms with Crippen molar-refractivity contribution in [1.29, 1.82) is 0 Å². The normalized spacial score (nSPS) is 21.3. The number of hydrogen-bond acceptors (Lipinski definition) is 4. The summed E-state index contributed by atoms with van der Waals surface area (Å²) in [5.41, 5.74) is 5.53. The van der Waals surface area contributed by atoms with E-state index in [1.54, 1.807) is 0 Å². The maximum absolute atomic E-state index is 12.3. The quantitative estimate of drug-likeness (QED) is 0.854. The van der Waals surface area contributed by atoms with Gasteiger partial charge in [-0.05, 0) is 31.0 Å². The molecule has 2 atom stereocenters. The average molecular weight is 353 g/mol. The highest BCUT2D eigenvalue weighted by atomic mass is 35.5. The van der Waals surface area contributed by atoms with E-state index in [-0.39, 0.29) is 22.6 Å². The summed E-state index contributed by atoms with van der Waals surface area (Å²) in [6, 6.07) is 3.96. The molecule has 3 N–H and O–H groups in total. The van der Waals surface area contributed by atoms with Gasteiger partial charge in [-0.1, -0.05) is 11.6 Å². The molecular formula is C14H16ClF3N2O3. The van der Waals surface area contributed by atoms with Crippen molar-refractivity contribution < 1.29 is 27.4 Å². The van der Waals surface area contributed by atoms with E-state index in [0.29, 0.717) is 19.4 Å². The first-order valence-electron chi connectivity index (χ1n) is 6.94. The first-order chi connectivity index (χ1) is 10.8. The second kappa shape index (κ2) is 7.37. The highest BCUT2D eigenvalue weighted by Crippen LogP contribution is 2.30. The minimum atomic E-state index is -4.48. The molecule has 1 fully saturated rings. The van der Waals surface area contributed by atoms with E-state index < -0.39 is 24.8 Å². The van der Waals surface area contributed by atoms with Crippen molar-refractivity contribution in [1.82, 2.24) is 0 Å². The summed E-state index contributed by atoms with van der Waals surface area (Å²) in [6.07, 6.45) is -4.22. The predicted molar refractivity (Wildman–Crippen MR) is 78.6 cm³/mol. The predicted octanol–water partition coefficient (Wildman–Crippen LogP) is 2.73. The lowest BCUT2D eigenvalue weighted by Crippen LogP contribution is -2.30. The Kier molecular flexibility index (Phi) is 5.72. The number of nitrogens with two attached hydrogens (primary N) is 1. The summed E-state index contributed by atoms with van der Waals surface area (Å²) >= 11 is 5.82. The molecule has 2 rings (SSSR count). The monoisotopic (exact) mass is 352 g/mol. The fourth-order valence-electron chi connectivity index (χ4n) is 2.17. The third-order valence-electron chi connectivity index (χ3n) is 3.25. The largest absolute Gasteiger partial charge is 0.482 e. The smallest absolute Gasteiger partial charge is 0.422 e. The zero-order chi connectivity index (χ0) is 17.0. The van der Waals surface area contributed by atoms with Crippen LogP contribution in [0.2, 0.25) is 5.02 Å². The number of nitrogens with one attached hydrogen (secondary N) is 1. The van der Waals surface area contributed by atoms with Gasteiger partial charge in [-0.15, -0.1) is 0 Å². The number of ether oxygens (including phenoxy) is 2. The molecule has 128 valence electrons. The maximum Gasteiger partial charge on any atom is 0.422 e. The number of halogens is 4. The summed E-state index contributed by atoms with van der Waals surface area (Å²) in [6.45, 7) is -1.16. The average Bonchev–Trinajstić information content (AvgIpc) is 2.94. The van der Waals surface area contributed by atoms with E-state index in [4.69, 9.17) is 26.8 Å². The van der Waals surface area contributed by atoms with Crippen molar-refractivity contribution >= 4 is 23.2 Å². The third kappa shape index (κ3) is 5.26. The zero-order valence-corrected chi connectivity index (χ0v) is 12.8. The van der Waals surface area contributed by atoms with Crippen molar-refractivity contribution in [2.45, 2.75) is 31.2 Å². The van der Waals surface area contributed by atoms with Gasteiger partial charge < -0.3 is 20.5 Å². The van der Waals surface area contributed by atoms with Crippen molar-refractivity contribution in [2.75, 3.05) is 18.5 Å². The van der Waals surface area contributed by atoms with E-state index in [2.05, 4.69) is 5.32 Å². The van der Waals surface area contributed by atoms with Crippen LogP contribution < -0.4 is 15.8 Å². The number of hydrogen-bond donors (Lipinski definition) is 2. The second-order valence-corrected chi connectivity index (χ2v) is 5.53. The van der Waals surface area contributed by atoms with E-state index in [1.165, 1.54) is 18.2 Å². The van der Waals surface area contributed by atoms with Crippen LogP contribution in [0.25, 0.3) is 0 Å². The van der Waals surface area contributed by atoms with Gasteiger partial charge in [0.05, 0.1) is 11.8 Å². The van der Waals surface area contributed by atoms with Crippen molar-refractivity contribution in [2.24, 2.45) is 5.73 Å². The summed E-state index contributed by atoms with van der Waals surface area (Å²) in [5.74, 6) is -0.589. The number of amides is 1. The Hall–Kier alpha value is -1.51. The van der Waals surface area contributed by atoms with Gasteiger partial charge in [0, 0.05) is 11.6 Å².